The van der Waals surface area contributed by atoms with Crippen LogP contribution in [0.4, 0.5) is 4.79 Å². The van der Waals surface area contributed by atoms with Crippen LogP contribution in [0, 0.1) is 22.7 Å². The van der Waals surface area contributed by atoms with Crippen LogP contribution in [0.5, 0.6) is 0 Å². The second kappa shape index (κ2) is 15.2. The number of benzene rings is 2. The zero-order chi connectivity index (χ0) is 42.7. The van der Waals surface area contributed by atoms with Crippen LogP contribution >= 0.6 is 0 Å². The van der Waals surface area contributed by atoms with E-state index in [0.29, 0.717) is 5.56 Å². The van der Waals surface area contributed by atoms with Crippen molar-refractivity contribution < 1.29 is 63.0 Å². The molecule has 4 N–H and O–H groups in total. The van der Waals surface area contributed by atoms with E-state index in [9.17, 15) is 39.3 Å². The Bertz CT molecular complexity index is 1970. The fourth-order valence-electron chi connectivity index (χ4n) is 9.75. The van der Waals surface area contributed by atoms with Crippen molar-refractivity contribution in [2.75, 3.05) is 6.61 Å². The highest BCUT2D eigenvalue weighted by Gasteiger charge is 2.78. The third kappa shape index (κ3) is 7.11. The predicted octanol–water partition coefficient (Wildman–Crippen LogP) is 4.53. The average Bonchev–Trinajstić information content (AvgIpc) is 3.14. The lowest BCUT2D eigenvalue weighted by Crippen LogP contribution is -2.81. The van der Waals surface area contributed by atoms with Gasteiger partial charge in [0, 0.05) is 25.2 Å². The molecule has 4 aliphatic rings. The second-order valence-electron chi connectivity index (χ2n) is 17.9. The van der Waals surface area contributed by atoms with E-state index in [1.165, 1.54) is 26.0 Å². The summed E-state index contributed by atoms with van der Waals surface area (Å²) in [5, 5.41) is 40.4. The number of carbonyl (C=O) groups is 5. The summed E-state index contributed by atoms with van der Waals surface area (Å²) in [7, 11) is 0. The quantitative estimate of drug-likeness (QED) is 0.165. The highest BCUT2D eigenvalue weighted by Crippen LogP contribution is 2.64. The number of Topliss-reactive ketones (excluding diaryl/α,β-unsaturated/α-hetero) is 1. The van der Waals surface area contributed by atoms with Gasteiger partial charge in [-0.15, -0.1) is 0 Å². The van der Waals surface area contributed by atoms with E-state index in [1.54, 1.807) is 97.0 Å². The molecule has 2 bridgehead atoms. The first kappa shape index (κ1) is 43.0. The summed E-state index contributed by atoms with van der Waals surface area (Å²) in [6.45, 7) is 13.8. The molecule has 1 amide bonds. The summed E-state index contributed by atoms with van der Waals surface area (Å²) in [5.41, 5.74) is -7.35. The van der Waals surface area contributed by atoms with Gasteiger partial charge in [0.25, 0.3) is 0 Å². The maximum absolute atomic E-state index is 15.0. The lowest BCUT2D eigenvalue weighted by molar-refractivity contribution is -0.346. The Morgan fingerprint density at radius 1 is 0.948 bits per heavy atom. The lowest BCUT2D eigenvalue weighted by atomic mass is 9.44. The first-order chi connectivity index (χ1) is 27.0. The van der Waals surface area contributed by atoms with E-state index in [4.69, 9.17) is 23.7 Å². The minimum Gasteiger partial charge on any atom is -0.457 e. The van der Waals surface area contributed by atoms with Gasteiger partial charge in [-0.3, -0.25) is 14.4 Å². The smallest absolute Gasteiger partial charge is 0.408 e. The Balaban J connectivity index is 1.49. The summed E-state index contributed by atoms with van der Waals surface area (Å²) >= 11 is 0. The van der Waals surface area contributed by atoms with Gasteiger partial charge in [0.15, 0.2) is 11.4 Å². The van der Waals surface area contributed by atoms with Gasteiger partial charge in [0.05, 0.1) is 41.6 Å². The number of hydrogen-bond donors (Lipinski definition) is 4. The van der Waals surface area contributed by atoms with E-state index in [2.05, 4.69) is 5.32 Å². The lowest BCUT2D eigenvalue weighted by Gasteiger charge is -2.67. The molecule has 2 saturated carbocycles. The van der Waals surface area contributed by atoms with Gasteiger partial charge >= 0.3 is 24.0 Å². The van der Waals surface area contributed by atoms with Crippen LogP contribution in [0.3, 0.4) is 0 Å². The fraction of sp³-hybridized carbons (Fsp3) is 0.568. The van der Waals surface area contributed by atoms with E-state index >= 15 is 0 Å². The number of esters is 3. The van der Waals surface area contributed by atoms with Gasteiger partial charge in [-0.05, 0) is 70.4 Å². The van der Waals surface area contributed by atoms with Crippen LogP contribution in [0.15, 0.2) is 71.8 Å². The highest BCUT2D eigenvalue weighted by molar-refractivity contribution is 5.94. The molecular formula is C44H55NO13. The van der Waals surface area contributed by atoms with Gasteiger partial charge in [-0.2, -0.15) is 0 Å². The predicted molar refractivity (Wildman–Crippen MR) is 207 cm³/mol. The molecule has 11 atom stereocenters. The maximum atomic E-state index is 15.0. The van der Waals surface area contributed by atoms with Crippen molar-refractivity contribution in [1.29, 1.82) is 0 Å². The minimum atomic E-state index is -2.27. The average molecular weight is 806 g/mol. The van der Waals surface area contributed by atoms with Gasteiger partial charge in [-0.1, -0.05) is 62.4 Å². The normalized spacial score (nSPS) is 33.7. The molecule has 14 heteroatoms. The zero-order valence-electron chi connectivity index (χ0n) is 34.4. The number of ether oxygens (including phenoxy) is 5. The van der Waals surface area contributed by atoms with Crippen LogP contribution in [0.2, 0.25) is 0 Å². The molecule has 3 unspecified atom stereocenters. The molecule has 14 nitrogen and oxygen atoms in total. The molecule has 0 spiro atoms. The van der Waals surface area contributed by atoms with E-state index in [0.717, 1.165) is 0 Å². The number of carbonyl (C=O) groups excluding carboxylic acids is 5. The van der Waals surface area contributed by atoms with Crippen LogP contribution < -0.4 is 5.32 Å². The number of fused-ring (bicyclic) bond motifs is 5. The SMILES string of the molecule is CC(=O)O[C@@]12COC1C[C@H](O)C1(C)C(=O)[C@H](O)C3=C(C)[C@@H](OC(=O)[C@H](C)[C@@H](NC(=O)OC(C)(C)C)c4ccccc4)C[C@](O)([C@@H](OC(=O)c4ccccc4)C12)C3(C)C. The molecule has 1 aliphatic heterocycles. The van der Waals surface area contributed by atoms with Gasteiger partial charge in [0.1, 0.15) is 35.6 Å². The van der Waals surface area contributed by atoms with Crippen molar-refractivity contribution in [3.8, 4) is 0 Å². The number of ketones is 1. The number of amides is 1. The van der Waals surface area contributed by atoms with Crippen LogP contribution in [0.25, 0.3) is 0 Å². The molecule has 6 rings (SSSR count). The van der Waals surface area contributed by atoms with Gasteiger partial charge in [-0.25, -0.2) is 9.59 Å². The Morgan fingerprint density at radius 2 is 1.55 bits per heavy atom. The molecular weight excluding hydrogens is 750 g/mol. The number of hydrogen-bond acceptors (Lipinski definition) is 13. The van der Waals surface area contributed by atoms with Crippen molar-refractivity contribution in [2.45, 2.75) is 129 Å². The number of aliphatic hydroxyl groups excluding tert-OH is 2. The molecule has 1 heterocycles. The molecule has 2 aromatic carbocycles. The third-order valence-electron chi connectivity index (χ3n) is 12.9. The Hall–Kier alpha value is -4.63. The molecule has 0 aromatic heterocycles. The van der Waals surface area contributed by atoms with Crippen molar-refractivity contribution in [1.82, 2.24) is 5.32 Å². The summed E-state index contributed by atoms with van der Waals surface area (Å²) in [4.78, 5) is 69.4. The van der Waals surface area contributed by atoms with Crippen molar-refractivity contribution in [3.05, 3.63) is 82.9 Å². The molecule has 2 aromatic rings. The monoisotopic (exact) mass is 805 g/mol. The molecule has 314 valence electrons. The van der Waals surface area contributed by atoms with E-state index in [-0.39, 0.29) is 29.7 Å². The standard InChI is InChI=1S/C44H55NO13/c1-23-28(55-37(50)24(2)32(26-16-12-10-13-17-26)45-39(52)58-40(4,5)6)21-44(53)36(56-38(51)27-18-14-11-15-19-27)34-42(9,35(49)33(48)31(23)41(44,7)8)29(47)20-30-43(34,22-54-30)57-25(3)46/h10-19,24,28-30,32-34,36,47-48,53H,20-22H2,1-9H3,(H,45,52)/t24-,28+,29+,30?,32-,33-,34?,36+,42?,43+,44+/m1/s1. The summed E-state index contributed by atoms with van der Waals surface area (Å²) in [6, 6.07) is 15.8. The van der Waals surface area contributed by atoms with Crippen molar-refractivity contribution in [2.24, 2.45) is 22.7 Å². The topological polar surface area (TPSA) is 204 Å². The zero-order valence-corrected chi connectivity index (χ0v) is 34.4. The van der Waals surface area contributed by atoms with Crippen molar-refractivity contribution >= 4 is 29.8 Å². The Kier molecular flexibility index (Phi) is 11.3. The van der Waals surface area contributed by atoms with Gasteiger partial charge in [0.2, 0.25) is 0 Å². The van der Waals surface area contributed by atoms with E-state index < -0.39 is 112 Å². The van der Waals surface area contributed by atoms with Crippen molar-refractivity contribution in [3.63, 3.8) is 0 Å². The number of rotatable bonds is 8. The Labute approximate surface area is 338 Å². The minimum absolute atomic E-state index is 0.0179. The molecule has 0 radical (unpaired) electrons. The molecule has 58 heavy (non-hydrogen) atoms. The third-order valence-corrected chi connectivity index (χ3v) is 12.9. The molecule has 3 aliphatic carbocycles. The second-order valence-corrected chi connectivity index (χ2v) is 17.9. The number of aliphatic hydroxyl groups is 3. The first-order valence-electron chi connectivity index (χ1n) is 19.7. The molecule has 1 saturated heterocycles. The van der Waals surface area contributed by atoms with Gasteiger partial charge < -0.3 is 44.3 Å². The largest absolute Gasteiger partial charge is 0.457 e. The van der Waals surface area contributed by atoms with Crippen LogP contribution in [-0.2, 0) is 38.1 Å². The highest BCUT2D eigenvalue weighted by atomic mass is 16.6. The first-order valence-corrected chi connectivity index (χ1v) is 19.7. The maximum Gasteiger partial charge on any atom is 0.408 e. The van der Waals surface area contributed by atoms with Crippen LogP contribution in [0.1, 0.15) is 97.1 Å². The summed E-state index contributed by atoms with van der Waals surface area (Å²) in [6.07, 6.45) is -8.79. The fourth-order valence-corrected chi connectivity index (χ4v) is 9.75. The Morgan fingerprint density at radius 3 is 2.10 bits per heavy atom. The van der Waals surface area contributed by atoms with E-state index in [1.807, 2.05) is 0 Å². The summed E-state index contributed by atoms with van der Waals surface area (Å²) < 4.78 is 30.0. The summed E-state index contributed by atoms with van der Waals surface area (Å²) in [5.74, 6) is -5.80. The van der Waals surface area contributed by atoms with Crippen LogP contribution in [-0.4, -0.2) is 99.0 Å². The number of nitrogens with one attached hydrogen (secondary N) is 1. The molecule has 3 fully saturated rings. The number of alkyl carbamates (subject to hydrolysis) is 1.